The van der Waals surface area contributed by atoms with Crippen LogP contribution in [-0.4, -0.2) is 50.9 Å². The molecule has 0 heterocycles. The fraction of sp³-hybridized carbons (Fsp3) is 0.333. The lowest BCUT2D eigenvalue weighted by Gasteiger charge is -2.34. The van der Waals surface area contributed by atoms with Gasteiger partial charge in [0.25, 0.3) is 10.0 Å². The average Bonchev–Trinajstić information content (AvgIpc) is 3.59. The molecule has 1 saturated carbocycles. The lowest BCUT2D eigenvalue weighted by molar-refractivity contribution is -0.140. The first-order chi connectivity index (χ1) is 23.0. The van der Waals surface area contributed by atoms with E-state index < -0.39 is 28.5 Å². The lowest BCUT2D eigenvalue weighted by Crippen LogP contribution is -2.54. The number of aryl methyl sites for hydroxylation is 3. The summed E-state index contributed by atoms with van der Waals surface area (Å²) in [6.45, 7) is 5.31. The zero-order chi connectivity index (χ0) is 34.3. The van der Waals surface area contributed by atoms with Crippen LogP contribution in [0.2, 0.25) is 0 Å². The van der Waals surface area contributed by atoms with Crippen molar-refractivity contribution >= 4 is 27.5 Å². The van der Waals surface area contributed by atoms with Crippen LogP contribution in [-0.2, 0) is 32.6 Å². The van der Waals surface area contributed by atoms with Crippen molar-refractivity contribution in [2.24, 2.45) is 0 Å². The summed E-state index contributed by atoms with van der Waals surface area (Å²) in [7, 11) is -2.77. The van der Waals surface area contributed by atoms with E-state index in [-0.39, 0.29) is 35.5 Å². The molecule has 1 fully saturated rings. The molecule has 2 amide bonds. The van der Waals surface area contributed by atoms with Crippen molar-refractivity contribution < 1.29 is 22.7 Å². The van der Waals surface area contributed by atoms with Crippen LogP contribution in [0.25, 0.3) is 0 Å². The van der Waals surface area contributed by atoms with Crippen molar-refractivity contribution in [2.45, 2.75) is 76.4 Å². The molecule has 5 rings (SSSR count). The Balaban J connectivity index is 1.60. The van der Waals surface area contributed by atoms with Gasteiger partial charge in [0, 0.05) is 19.0 Å². The van der Waals surface area contributed by atoms with Crippen LogP contribution in [0.4, 0.5) is 5.69 Å². The fourth-order valence-electron chi connectivity index (χ4n) is 6.16. The van der Waals surface area contributed by atoms with Crippen LogP contribution in [0.3, 0.4) is 0 Å². The van der Waals surface area contributed by atoms with Gasteiger partial charge >= 0.3 is 0 Å². The number of anilines is 1. The Kier molecular flexibility index (Phi) is 11.2. The van der Waals surface area contributed by atoms with Gasteiger partial charge in [0.05, 0.1) is 17.7 Å². The van der Waals surface area contributed by atoms with Crippen molar-refractivity contribution in [1.82, 2.24) is 10.2 Å². The molecule has 9 heteroatoms. The SMILES string of the molecule is COc1ccc(C)cc1N(CC(=O)N(Cc1ccc(C)cc1)[C@@H](Cc1ccccc1)C(=O)NC1CCCC1)S(=O)(=O)c1ccc(C)cc1. The number of methoxy groups -OCH3 is 1. The van der Waals surface area contributed by atoms with Crippen LogP contribution < -0.4 is 14.4 Å². The number of hydrogen-bond acceptors (Lipinski definition) is 5. The second-order valence-corrected chi connectivity index (χ2v) is 14.6. The second kappa shape index (κ2) is 15.5. The summed E-state index contributed by atoms with van der Waals surface area (Å²) in [4.78, 5) is 30.6. The largest absolute Gasteiger partial charge is 0.495 e. The third-order valence-corrected chi connectivity index (χ3v) is 10.7. The number of amides is 2. The van der Waals surface area contributed by atoms with E-state index in [4.69, 9.17) is 4.74 Å². The molecule has 1 atom stereocenters. The van der Waals surface area contributed by atoms with E-state index in [1.807, 2.05) is 81.4 Å². The molecular formula is C39H45N3O5S. The van der Waals surface area contributed by atoms with Gasteiger partial charge in [-0.3, -0.25) is 13.9 Å². The highest BCUT2D eigenvalue weighted by Gasteiger charge is 2.36. The van der Waals surface area contributed by atoms with E-state index in [2.05, 4.69) is 5.32 Å². The molecule has 0 aromatic heterocycles. The molecule has 0 unspecified atom stereocenters. The number of hydrogen-bond donors (Lipinski definition) is 1. The van der Waals surface area contributed by atoms with E-state index in [9.17, 15) is 18.0 Å². The first-order valence-electron chi connectivity index (χ1n) is 16.5. The summed E-state index contributed by atoms with van der Waals surface area (Å²) >= 11 is 0. The Morgan fingerprint density at radius 2 is 1.42 bits per heavy atom. The molecule has 8 nitrogen and oxygen atoms in total. The fourth-order valence-corrected chi connectivity index (χ4v) is 7.57. The summed E-state index contributed by atoms with van der Waals surface area (Å²) < 4.78 is 35.6. The molecule has 0 spiro atoms. The zero-order valence-electron chi connectivity index (χ0n) is 28.2. The minimum atomic E-state index is -4.25. The van der Waals surface area contributed by atoms with Crippen LogP contribution in [0.5, 0.6) is 5.75 Å². The molecule has 0 bridgehead atoms. The van der Waals surface area contributed by atoms with Gasteiger partial charge in [0.2, 0.25) is 11.8 Å². The van der Waals surface area contributed by atoms with Crippen molar-refractivity contribution in [3.8, 4) is 5.75 Å². The van der Waals surface area contributed by atoms with Crippen molar-refractivity contribution in [3.63, 3.8) is 0 Å². The summed E-state index contributed by atoms with van der Waals surface area (Å²) in [5.41, 5.74) is 4.76. The summed E-state index contributed by atoms with van der Waals surface area (Å²) in [6.07, 6.45) is 4.15. The Labute approximate surface area is 284 Å². The van der Waals surface area contributed by atoms with E-state index >= 15 is 0 Å². The highest BCUT2D eigenvalue weighted by atomic mass is 32.2. The smallest absolute Gasteiger partial charge is 0.264 e. The quantitative estimate of drug-likeness (QED) is 0.175. The average molecular weight is 668 g/mol. The number of ether oxygens (including phenoxy) is 1. The number of sulfonamides is 1. The first-order valence-corrected chi connectivity index (χ1v) is 17.9. The molecule has 1 aliphatic carbocycles. The number of benzene rings is 4. The van der Waals surface area contributed by atoms with Gasteiger partial charge in [0.15, 0.2) is 0 Å². The topological polar surface area (TPSA) is 96.0 Å². The van der Waals surface area contributed by atoms with Gasteiger partial charge in [-0.1, -0.05) is 96.8 Å². The van der Waals surface area contributed by atoms with Crippen LogP contribution in [0, 0.1) is 20.8 Å². The van der Waals surface area contributed by atoms with E-state index in [1.54, 1.807) is 41.3 Å². The van der Waals surface area contributed by atoms with Gasteiger partial charge in [-0.05, 0) is 74.6 Å². The monoisotopic (exact) mass is 667 g/mol. The van der Waals surface area contributed by atoms with Crippen LogP contribution in [0.15, 0.2) is 102 Å². The van der Waals surface area contributed by atoms with Crippen LogP contribution >= 0.6 is 0 Å². The second-order valence-electron chi connectivity index (χ2n) is 12.7. The molecule has 1 aliphatic rings. The molecule has 48 heavy (non-hydrogen) atoms. The Bertz CT molecular complexity index is 1800. The maximum absolute atomic E-state index is 14.8. The first kappa shape index (κ1) is 34.7. The number of nitrogens with one attached hydrogen (secondary N) is 1. The van der Waals surface area contributed by atoms with Gasteiger partial charge < -0.3 is 15.0 Å². The number of carbonyl (C=O) groups is 2. The molecule has 0 aliphatic heterocycles. The van der Waals surface area contributed by atoms with E-state index in [0.717, 1.165) is 57.8 Å². The summed E-state index contributed by atoms with van der Waals surface area (Å²) in [5.74, 6) is -0.432. The van der Waals surface area contributed by atoms with E-state index in [0.29, 0.717) is 5.75 Å². The van der Waals surface area contributed by atoms with Crippen molar-refractivity contribution in [3.05, 3.63) is 125 Å². The van der Waals surface area contributed by atoms with Crippen LogP contribution in [0.1, 0.15) is 53.5 Å². The Morgan fingerprint density at radius 1 is 0.812 bits per heavy atom. The molecule has 1 N–H and O–H groups in total. The molecule has 4 aromatic carbocycles. The van der Waals surface area contributed by atoms with Gasteiger partial charge in [-0.2, -0.15) is 0 Å². The molecule has 4 aromatic rings. The maximum atomic E-state index is 14.8. The van der Waals surface area contributed by atoms with Crippen molar-refractivity contribution in [1.29, 1.82) is 0 Å². The standard InChI is InChI=1S/C39H45N3O5S/c1-28-14-19-32(20-15-28)26-41(36(25-31-10-6-5-7-11-31)39(44)40-33-12-8-9-13-33)38(43)27-42(35-24-30(3)18-23-37(35)47-4)48(45,46)34-21-16-29(2)17-22-34/h5-7,10-11,14-24,33,36H,8-9,12-13,25-27H2,1-4H3,(H,40,44)/t36-/m0/s1. The molecule has 0 radical (unpaired) electrons. The third kappa shape index (κ3) is 8.44. The van der Waals surface area contributed by atoms with Crippen molar-refractivity contribution in [2.75, 3.05) is 18.0 Å². The predicted octanol–water partition coefficient (Wildman–Crippen LogP) is 6.51. The molecule has 0 saturated heterocycles. The third-order valence-electron chi connectivity index (χ3n) is 8.94. The lowest BCUT2D eigenvalue weighted by atomic mass is 10.0. The molecular weight excluding hydrogens is 623 g/mol. The van der Waals surface area contributed by atoms with Gasteiger partial charge in [0.1, 0.15) is 18.3 Å². The Hall–Kier alpha value is -4.63. The number of rotatable bonds is 13. The highest BCUT2D eigenvalue weighted by Crippen LogP contribution is 2.34. The normalized spacial score (nSPS) is 13.9. The predicted molar refractivity (Wildman–Crippen MR) is 190 cm³/mol. The summed E-state index contributed by atoms with van der Waals surface area (Å²) in [6, 6.07) is 28.4. The van der Waals surface area contributed by atoms with E-state index in [1.165, 1.54) is 7.11 Å². The summed E-state index contributed by atoms with van der Waals surface area (Å²) in [5, 5.41) is 3.22. The number of nitrogens with zero attached hydrogens (tertiary/aromatic N) is 2. The van der Waals surface area contributed by atoms with Gasteiger partial charge in [-0.25, -0.2) is 8.42 Å². The number of carbonyl (C=O) groups excluding carboxylic acids is 2. The zero-order valence-corrected chi connectivity index (χ0v) is 29.0. The minimum absolute atomic E-state index is 0.0436. The van der Waals surface area contributed by atoms with Gasteiger partial charge in [-0.15, -0.1) is 0 Å². The highest BCUT2D eigenvalue weighted by molar-refractivity contribution is 7.92. The Morgan fingerprint density at radius 3 is 2.04 bits per heavy atom. The maximum Gasteiger partial charge on any atom is 0.264 e. The molecule has 252 valence electrons. The minimum Gasteiger partial charge on any atom is -0.495 e.